The van der Waals surface area contributed by atoms with Crippen LogP contribution in [0, 0.1) is 0 Å². The Hall–Kier alpha value is -3.38. The van der Waals surface area contributed by atoms with Crippen LogP contribution in [-0.4, -0.2) is 55.9 Å². The summed E-state index contributed by atoms with van der Waals surface area (Å²) in [7, 11) is 0. The Kier molecular flexibility index (Phi) is 8.84. The van der Waals surface area contributed by atoms with E-state index in [0.29, 0.717) is 11.4 Å². The third kappa shape index (κ3) is 7.93. The van der Waals surface area contributed by atoms with Crippen molar-refractivity contribution in [2.75, 3.05) is 0 Å². The Morgan fingerprint density at radius 3 is 1.53 bits per heavy atom. The highest BCUT2D eigenvalue weighted by molar-refractivity contribution is 5.89. The van der Waals surface area contributed by atoms with Gasteiger partial charge in [-0.05, 0) is 12.8 Å². The van der Waals surface area contributed by atoms with E-state index in [0.717, 1.165) is 0 Å². The van der Waals surface area contributed by atoms with E-state index >= 15 is 0 Å². The number of carbonyl (C=O) groups is 4. The molecule has 162 valence electrons. The molecule has 0 bridgehead atoms. The Balaban J connectivity index is 1.58. The molecule has 0 saturated heterocycles. The molecule has 0 saturated carbocycles. The maximum atomic E-state index is 11.8. The lowest BCUT2D eigenvalue weighted by atomic mass is 10.1. The second-order valence-corrected chi connectivity index (χ2v) is 6.57. The molecular formula is C18H24N6O6. The number of ether oxygens (including phenoxy) is 2. The van der Waals surface area contributed by atoms with Crippen LogP contribution in [0.3, 0.4) is 0 Å². The van der Waals surface area contributed by atoms with E-state index in [1.807, 2.05) is 0 Å². The van der Waals surface area contributed by atoms with Crippen molar-refractivity contribution in [1.82, 2.24) is 19.9 Å². The first kappa shape index (κ1) is 22.9. The van der Waals surface area contributed by atoms with Gasteiger partial charge in [0.05, 0.1) is 12.7 Å². The molecule has 0 spiro atoms. The van der Waals surface area contributed by atoms with Crippen molar-refractivity contribution in [3.05, 3.63) is 36.4 Å². The molecule has 2 aromatic heterocycles. The normalized spacial score (nSPS) is 12.7. The van der Waals surface area contributed by atoms with E-state index in [2.05, 4.69) is 29.4 Å². The first-order valence-electron chi connectivity index (χ1n) is 9.30. The van der Waals surface area contributed by atoms with Crippen LogP contribution in [0.25, 0.3) is 0 Å². The zero-order valence-corrected chi connectivity index (χ0v) is 16.2. The van der Waals surface area contributed by atoms with Gasteiger partial charge in [0.2, 0.25) is 0 Å². The minimum atomic E-state index is -0.999. The van der Waals surface area contributed by atoms with Crippen molar-refractivity contribution in [2.45, 2.75) is 50.6 Å². The SMILES string of the molecule is N[C@@H](Cc1cnc[nH]1)C(=O)OC(=O)CCCCC(=O)OC(=O)[C@@H](N)Cc1cnc[nH]1. The summed E-state index contributed by atoms with van der Waals surface area (Å²) >= 11 is 0. The number of nitrogens with one attached hydrogen (secondary N) is 2. The number of aromatic nitrogens is 4. The molecule has 0 radical (unpaired) electrons. The predicted molar refractivity (Wildman–Crippen MR) is 101 cm³/mol. The molecule has 0 aliphatic rings. The molecule has 6 N–H and O–H groups in total. The van der Waals surface area contributed by atoms with Gasteiger partial charge in [-0.3, -0.25) is 9.59 Å². The van der Waals surface area contributed by atoms with Crippen LogP contribution in [0.2, 0.25) is 0 Å². The molecule has 0 unspecified atom stereocenters. The summed E-state index contributed by atoms with van der Waals surface area (Å²) in [6.07, 6.45) is 6.63. The zero-order chi connectivity index (χ0) is 21.9. The summed E-state index contributed by atoms with van der Waals surface area (Å²) in [6.45, 7) is 0. The molecule has 0 aliphatic heterocycles. The molecule has 0 aromatic carbocycles. The molecule has 0 fully saturated rings. The molecule has 2 rings (SSSR count). The fourth-order valence-corrected chi connectivity index (χ4v) is 2.45. The van der Waals surface area contributed by atoms with Crippen molar-refractivity contribution in [2.24, 2.45) is 11.5 Å². The van der Waals surface area contributed by atoms with Gasteiger partial charge in [0, 0.05) is 49.5 Å². The molecule has 0 amide bonds. The van der Waals surface area contributed by atoms with Crippen LogP contribution in [0.4, 0.5) is 0 Å². The summed E-state index contributed by atoms with van der Waals surface area (Å²) in [4.78, 5) is 60.2. The fourth-order valence-electron chi connectivity index (χ4n) is 2.45. The van der Waals surface area contributed by atoms with Crippen LogP contribution in [0.5, 0.6) is 0 Å². The van der Waals surface area contributed by atoms with Gasteiger partial charge in [-0.15, -0.1) is 0 Å². The number of hydrogen-bond donors (Lipinski definition) is 4. The summed E-state index contributed by atoms with van der Waals surface area (Å²) in [5.74, 6) is -3.17. The number of aromatic amines is 2. The predicted octanol–water partition coefficient (Wildman–Crippen LogP) is -0.727. The average Bonchev–Trinajstić information content (AvgIpc) is 3.39. The summed E-state index contributed by atoms with van der Waals surface area (Å²) in [5, 5.41) is 0. The third-order valence-electron chi connectivity index (χ3n) is 4.04. The van der Waals surface area contributed by atoms with Crippen LogP contribution < -0.4 is 11.5 Å². The van der Waals surface area contributed by atoms with Gasteiger partial charge in [0.15, 0.2) is 0 Å². The maximum absolute atomic E-state index is 11.8. The fraction of sp³-hybridized carbons (Fsp3) is 0.444. The summed E-state index contributed by atoms with van der Waals surface area (Å²) in [5.41, 5.74) is 12.6. The number of imidazole rings is 2. The molecule has 0 aliphatic carbocycles. The quantitative estimate of drug-likeness (QED) is 0.204. The van der Waals surface area contributed by atoms with Crippen molar-refractivity contribution < 1.29 is 28.7 Å². The van der Waals surface area contributed by atoms with Crippen LogP contribution in [0.15, 0.2) is 25.0 Å². The van der Waals surface area contributed by atoms with E-state index in [-0.39, 0.29) is 38.5 Å². The Morgan fingerprint density at radius 2 is 1.20 bits per heavy atom. The number of rotatable bonds is 11. The van der Waals surface area contributed by atoms with Crippen molar-refractivity contribution in [3.8, 4) is 0 Å². The highest BCUT2D eigenvalue weighted by Crippen LogP contribution is 2.06. The van der Waals surface area contributed by atoms with E-state index < -0.39 is 36.0 Å². The molecule has 30 heavy (non-hydrogen) atoms. The van der Waals surface area contributed by atoms with E-state index in [1.165, 1.54) is 25.0 Å². The average molecular weight is 420 g/mol. The number of esters is 4. The summed E-state index contributed by atoms with van der Waals surface area (Å²) < 4.78 is 9.36. The Bertz CT molecular complexity index is 765. The van der Waals surface area contributed by atoms with Crippen molar-refractivity contribution >= 4 is 23.9 Å². The second-order valence-electron chi connectivity index (χ2n) is 6.57. The van der Waals surface area contributed by atoms with Gasteiger partial charge >= 0.3 is 23.9 Å². The highest BCUT2D eigenvalue weighted by Gasteiger charge is 2.21. The molecule has 2 heterocycles. The maximum Gasteiger partial charge on any atom is 0.330 e. The molecular weight excluding hydrogens is 396 g/mol. The third-order valence-corrected chi connectivity index (χ3v) is 4.04. The molecule has 12 nitrogen and oxygen atoms in total. The van der Waals surface area contributed by atoms with Gasteiger partial charge in [-0.25, -0.2) is 19.6 Å². The molecule has 2 aromatic rings. The van der Waals surface area contributed by atoms with Gasteiger partial charge in [-0.2, -0.15) is 0 Å². The summed E-state index contributed by atoms with van der Waals surface area (Å²) in [6, 6.07) is -2.00. The minimum absolute atomic E-state index is 0.0803. The number of nitrogens with zero attached hydrogens (tertiary/aromatic N) is 2. The van der Waals surface area contributed by atoms with Crippen molar-refractivity contribution in [3.63, 3.8) is 0 Å². The van der Waals surface area contributed by atoms with E-state index in [9.17, 15) is 19.2 Å². The monoisotopic (exact) mass is 420 g/mol. The topological polar surface area (TPSA) is 196 Å². The first-order chi connectivity index (χ1) is 14.3. The largest absolute Gasteiger partial charge is 0.392 e. The number of unbranched alkanes of at least 4 members (excludes halogenated alkanes) is 1. The number of carbonyl (C=O) groups excluding carboxylic acids is 4. The minimum Gasteiger partial charge on any atom is -0.392 e. The first-order valence-corrected chi connectivity index (χ1v) is 9.30. The van der Waals surface area contributed by atoms with E-state index in [1.54, 1.807) is 0 Å². The van der Waals surface area contributed by atoms with E-state index in [4.69, 9.17) is 11.5 Å². The van der Waals surface area contributed by atoms with Gasteiger partial charge in [0.25, 0.3) is 0 Å². The number of nitrogens with two attached hydrogens (primary N) is 2. The zero-order valence-electron chi connectivity index (χ0n) is 16.2. The van der Waals surface area contributed by atoms with Crippen LogP contribution in [-0.2, 0) is 41.5 Å². The van der Waals surface area contributed by atoms with Gasteiger partial charge in [-0.1, -0.05) is 0 Å². The van der Waals surface area contributed by atoms with Crippen LogP contribution in [0.1, 0.15) is 37.1 Å². The van der Waals surface area contributed by atoms with Gasteiger partial charge < -0.3 is 30.9 Å². The van der Waals surface area contributed by atoms with Crippen LogP contribution >= 0.6 is 0 Å². The lowest BCUT2D eigenvalue weighted by molar-refractivity contribution is -0.163. The van der Waals surface area contributed by atoms with Crippen molar-refractivity contribution in [1.29, 1.82) is 0 Å². The lowest BCUT2D eigenvalue weighted by Gasteiger charge is -2.10. The Labute approximate surface area is 171 Å². The highest BCUT2D eigenvalue weighted by atomic mass is 16.6. The number of hydrogen-bond acceptors (Lipinski definition) is 10. The molecule has 2 atom stereocenters. The standard InChI is InChI=1S/C18H24N6O6/c19-13(5-11-7-21-9-23-11)17(27)29-15(25)3-1-2-4-16(26)30-18(28)14(20)6-12-8-22-10-24-12/h7-10,13-14H,1-6,19-20H2,(H,21,23)(H,22,24)/t13-,14-/m0/s1. The smallest absolute Gasteiger partial charge is 0.330 e. The Morgan fingerprint density at radius 1 is 0.800 bits per heavy atom. The number of H-pyrrole nitrogens is 2. The lowest BCUT2D eigenvalue weighted by Crippen LogP contribution is -2.36. The van der Waals surface area contributed by atoms with Gasteiger partial charge in [0.1, 0.15) is 12.1 Å². The molecule has 12 heteroatoms. The second kappa shape index (κ2) is 11.6.